The lowest BCUT2D eigenvalue weighted by atomic mass is 9.87. The van der Waals surface area contributed by atoms with E-state index in [0.29, 0.717) is 19.6 Å². The third-order valence-electron chi connectivity index (χ3n) is 6.09. The SMILES string of the molecule is O=C(O)CCCc1ccc(OCC2=C(c3ccc4c(c3)CCCC4)CCOC2)cc1. The smallest absolute Gasteiger partial charge is 0.303 e. The summed E-state index contributed by atoms with van der Waals surface area (Å²) >= 11 is 0. The largest absolute Gasteiger partial charge is 0.489 e. The lowest BCUT2D eigenvalue weighted by Crippen LogP contribution is -2.16. The first-order chi connectivity index (χ1) is 14.7. The Kier molecular flexibility index (Phi) is 6.85. The summed E-state index contributed by atoms with van der Waals surface area (Å²) in [6, 6.07) is 15.0. The van der Waals surface area contributed by atoms with Crippen molar-refractivity contribution in [2.24, 2.45) is 0 Å². The predicted octanol–water partition coefficient (Wildman–Crippen LogP) is 5.23. The van der Waals surface area contributed by atoms with Crippen LogP contribution in [0, 0.1) is 0 Å². The molecule has 0 radical (unpaired) electrons. The molecule has 1 aliphatic heterocycles. The molecule has 4 rings (SSSR count). The lowest BCUT2D eigenvalue weighted by molar-refractivity contribution is -0.137. The molecule has 30 heavy (non-hydrogen) atoms. The first kappa shape index (κ1) is 20.7. The van der Waals surface area contributed by atoms with Crippen molar-refractivity contribution in [2.75, 3.05) is 19.8 Å². The Bertz CT molecular complexity index is 911. The van der Waals surface area contributed by atoms with Gasteiger partial charge in [0.25, 0.3) is 0 Å². The molecule has 0 saturated heterocycles. The number of ether oxygens (including phenoxy) is 2. The molecule has 0 bridgehead atoms. The second kappa shape index (κ2) is 9.94. The number of carboxylic acid groups (broad SMARTS) is 1. The molecule has 2 aliphatic rings. The Balaban J connectivity index is 1.42. The maximum Gasteiger partial charge on any atom is 0.303 e. The minimum atomic E-state index is -0.743. The monoisotopic (exact) mass is 406 g/mol. The second-order valence-corrected chi connectivity index (χ2v) is 8.26. The van der Waals surface area contributed by atoms with Crippen molar-refractivity contribution in [3.8, 4) is 5.75 Å². The van der Waals surface area contributed by atoms with E-state index in [1.54, 1.807) is 0 Å². The van der Waals surface area contributed by atoms with Gasteiger partial charge in [0.2, 0.25) is 0 Å². The van der Waals surface area contributed by atoms with E-state index in [1.165, 1.54) is 53.5 Å². The second-order valence-electron chi connectivity index (χ2n) is 8.26. The van der Waals surface area contributed by atoms with Crippen LogP contribution in [0.3, 0.4) is 0 Å². The van der Waals surface area contributed by atoms with Crippen LogP contribution in [0.1, 0.15) is 54.4 Å². The summed E-state index contributed by atoms with van der Waals surface area (Å²) in [6.07, 6.45) is 7.56. The van der Waals surface area contributed by atoms with E-state index in [1.807, 2.05) is 24.3 Å². The average molecular weight is 407 g/mol. The van der Waals surface area contributed by atoms with Gasteiger partial charge in [-0.15, -0.1) is 0 Å². The summed E-state index contributed by atoms with van der Waals surface area (Å²) in [6.45, 7) is 1.92. The Morgan fingerprint density at radius 1 is 1.00 bits per heavy atom. The fourth-order valence-corrected chi connectivity index (χ4v) is 4.40. The van der Waals surface area contributed by atoms with E-state index in [9.17, 15) is 4.79 Å². The number of carbonyl (C=O) groups is 1. The first-order valence-corrected chi connectivity index (χ1v) is 11.0. The van der Waals surface area contributed by atoms with E-state index in [0.717, 1.165) is 30.8 Å². The molecule has 4 heteroatoms. The van der Waals surface area contributed by atoms with Crippen LogP contribution in [0.5, 0.6) is 5.75 Å². The van der Waals surface area contributed by atoms with Crippen molar-refractivity contribution in [3.63, 3.8) is 0 Å². The molecule has 4 nitrogen and oxygen atoms in total. The number of aryl methyl sites for hydroxylation is 3. The van der Waals surface area contributed by atoms with Gasteiger partial charge in [-0.25, -0.2) is 0 Å². The Morgan fingerprint density at radius 2 is 1.80 bits per heavy atom. The summed E-state index contributed by atoms with van der Waals surface area (Å²) in [5, 5.41) is 8.76. The van der Waals surface area contributed by atoms with E-state index in [2.05, 4.69) is 18.2 Å². The molecule has 0 spiro atoms. The summed E-state index contributed by atoms with van der Waals surface area (Å²) in [5.74, 6) is 0.0903. The van der Waals surface area contributed by atoms with Crippen molar-refractivity contribution >= 4 is 11.5 Å². The maximum atomic E-state index is 10.6. The number of fused-ring (bicyclic) bond motifs is 1. The van der Waals surface area contributed by atoms with Crippen molar-refractivity contribution in [1.29, 1.82) is 0 Å². The maximum absolute atomic E-state index is 10.6. The number of hydrogen-bond acceptors (Lipinski definition) is 3. The minimum absolute atomic E-state index is 0.206. The summed E-state index contributed by atoms with van der Waals surface area (Å²) in [5.41, 5.74) is 8.09. The number of carboxylic acids is 1. The van der Waals surface area contributed by atoms with E-state index in [4.69, 9.17) is 14.6 Å². The van der Waals surface area contributed by atoms with E-state index >= 15 is 0 Å². The highest BCUT2D eigenvalue weighted by Crippen LogP contribution is 2.31. The number of aliphatic carboxylic acids is 1. The Hall–Kier alpha value is -2.59. The van der Waals surface area contributed by atoms with Crippen molar-refractivity contribution in [3.05, 3.63) is 70.3 Å². The van der Waals surface area contributed by atoms with Gasteiger partial charge in [-0.3, -0.25) is 4.79 Å². The molecule has 158 valence electrons. The highest BCUT2D eigenvalue weighted by Gasteiger charge is 2.18. The van der Waals surface area contributed by atoms with Gasteiger partial charge in [0.1, 0.15) is 12.4 Å². The highest BCUT2D eigenvalue weighted by atomic mass is 16.5. The predicted molar refractivity (Wildman–Crippen MR) is 118 cm³/mol. The van der Waals surface area contributed by atoms with Crippen molar-refractivity contribution < 1.29 is 19.4 Å². The molecule has 0 atom stereocenters. The number of rotatable bonds is 8. The zero-order valence-electron chi connectivity index (χ0n) is 17.5. The molecule has 0 aromatic heterocycles. The van der Waals surface area contributed by atoms with Crippen LogP contribution in [-0.2, 0) is 28.8 Å². The fourth-order valence-electron chi connectivity index (χ4n) is 4.40. The van der Waals surface area contributed by atoms with Crippen LogP contribution in [0.2, 0.25) is 0 Å². The molecule has 2 aromatic carbocycles. The molecule has 1 aliphatic carbocycles. The normalized spacial score (nSPS) is 16.3. The van der Waals surface area contributed by atoms with Crippen LogP contribution in [-0.4, -0.2) is 30.9 Å². The molecule has 0 saturated carbocycles. The minimum Gasteiger partial charge on any atom is -0.489 e. The quantitative estimate of drug-likeness (QED) is 0.653. The molecular formula is C26H30O4. The third kappa shape index (κ3) is 5.31. The summed E-state index contributed by atoms with van der Waals surface area (Å²) in [7, 11) is 0. The molecular weight excluding hydrogens is 376 g/mol. The van der Waals surface area contributed by atoms with Gasteiger partial charge >= 0.3 is 5.97 Å². The molecule has 0 fully saturated rings. The van der Waals surface area contributed by atoms with Crippen LogP contribution in [0.25, 0.3) is 5.57 Å². The summed E-state index contributed by atoms with van der Waals surface area (Å²) < 4.78 is 11.8. The first-order valence-electron chi connectivity index (χ1n) is 11.0. The standard InChI is InChI=1S/C26H30O4/c27-26(28)7-3-4-19-8-12-24(13-9-19)30-18-23-17-29-15-14-25(23)22-11-10-20-5-1-2-6-21(20)16-22/h8-13,16H,1-7,14-15,17-18H2,(H,27,28). The van der Waals surface area contributed by atoms with Gasteiger partial charge in [-0.2, -0.15) is 0 Å². The van der Waals surface area contributed by atoms with Crippen LogP contribution < -0.4 is 4.74 Å². The molecule has 2 aromatic rings. The van der Waals surface area contributed by atoms with E-state index in [-0.39, 0.29) is 6.42 Å². The fraction of sp³-hybridized carbons (Fsp3) is 0.423. The topological polar surface area (TPSA) is 55.8 Å². The van der Waals surface area contributed by atoms with Gasteiger partial charge in [0.05, 0.1) is 13.2 Å². The van der Waals surface area contributed by atoms with Gasteiger partial charge < -0.3 is 14.6 Å². The van der Waals surface area contributed by atoms with Crippen molar-refractivity contribution in [1.82, 2.24) is 0 Å². The van der Waals surface area contributed by atoms with Crippen molar-refractivity contribution in [2.45, 2.75) is 51.4 Å². The average Bonchev–Trinajstić information content (AvgIpc) is 2.78. The lowest BCUT2D eigenvalue weighted by Gasteiger charge is -2.23. The highest BCUT2D eigenvalue weighted by molar-refractivity contribution is 5.71. The van der Waals surface area contributed by atoms with Crippen LogP contribution >= 0.6 is 0 Å². The molecule has 1 N–H and O–H groups in total. The van der Waals surface area contributed by atoms with Gasteiger partial charge in [0.15, 0.2) is 0 Å². The molecule has 1 heterocycles. The number of benzene rings is 2. The van der Waals surface area contributed by atoms with Gasteiger partial charge in [-0.1, -0.05) is 30.3 Å². The van der Waals surface area contributed by atoms with Gasteiger partial charge in [-0.05, 0) is 90.5 Å². The Morgan fingerprint density at radius 3 is 2.60 bits per heavy atom. The zero-order valence-corrected chi connectivity index (χ0v) is 17.5. The molecule has 0 unspecified atom stereocenters. The molecule has 0 amide bonds. The zero-order chi connectivity index (χ0) is 20.8. The van der Waals surface area contributed by atoms with E-state index < -0.39 is 5.97 Å². The number of hydrogen-bond donors (Lipinski definition) is 1. The van der Waals surface area contributed by atoms with Crippen LogP contribution in [0.4, 0.5) is 0 Å². The third-order valence-corrected chi connectivity index (χ3v) is 6.09. The van der Waals surface area contributed by atoms with Gasteiger partial charge in [0, 0.05) is 6.42 Å². The summed E-state index contributed by atoms with van der Waals surface area (Å²) in [4.78, 5) is 10.6. The van der Waals surface area contributed by atoms with Crippen LogP contribution in [0.15, 0.2) is 48.0 Å². The Labute approximate surface area is 178 Å².